The van der Waals surface area contributed by atoms with Crippen LogP contribution < -0.4 is 10.5 Å². The van der Waals surface area contributed by atoms with E-state index in [0.717, 1.165) is 5.57 Å². The highest BCUT2D eigenvalue weighted by atomic mass is 19.1. The van der Waals surface area contributed by atoms with Crippen molar-refractivity contribution in [3.63, 3.8) is 0 Å². The molecule has 0 radical (unpaired) electrons. The smallest absolute Gasteiger partial charge is 0.218 e. The molecule has 0 fully saturated rings. The van der Waals surface area contributed by atoms with Gasteiger partial charge in [0.25, 0.3) is 0 Å². The van der Waals surface area contributed by atoms with E-state index >= 15 is 0 Å². The van der Waals surface area contributed by atoms with E-state index in [1.165, 1.54) is 12.1 Å². The molecule has 29 heavy (non-hydrogen) atoms. The van der Waals surface area contributed by atoms with Crippen molar-refractivity contribution < 1.29 is 9.13 Å². The number of aryl methyl sites for hydroxylation is 1. The van der Waals surface area contributed by atoms with Crippen LogP contribution in [0.4, 0.5) is 4.39 Å². The molecule has 7 nitrogen and oxygen atoms in total. The summed E-state index contributed by atoms with van der Waals surface area (Å²) in [5.74, 6) is 0.494. The molecule has 2 aromatic heterocycles. The van der Waals surface area contributed by atoms with Crippen molar-refractivity contribution in [1.29, 1.82) is 0 Å². The molecule has 0 aliphatic heterocycles. The van der Waals surface area contributed by atoms with Gasteiger partial charge in [0.05, 0.1) is 11.3 Å². The molecule has 8 heteroatoms. The third-order valence-electron chi connectivity index (χ3n) is 4.04. The molecule has 0 bridgehead atoms. The number of pyridine rings is 1. The van der Waals surface area contributed by atoms with Crippen LogP contribution in [0.15, 0.2) is 70.4 Å². The van der Waals surface area contributed by atoms with Crippen molar-refractivity contribution in [2.45, 2.75) is 6.92 Å². The number of amidine groups is 1. The van der Waals surface area contributed by atoms with Crippen molar-refractivity contribution in [2.75, 3.05) is 6.54 Å². The second-order valence-corrected chi connectivity index (χ2v) is 6.24. The van der Waals surface area contributed by atoms with Gasteiger partial charge in [-0.1, -0.05) is 6.07 Å². The van der Waals surface area contributed by atoms with E-state index in [-0.39, 0.29) is 5.75 Å². The molecule has 1 aromatic carbocycles. The van der Waals surface area contributed by atoms with Crippen molar-refractivity contribution in [1.82, 2.24) is 14.8 Å². The fraction of sp³-hybridized carbons (Fsp3) is 0.143. The van der Waals surface area contributed by atoms with Gasteiger partial charge in [-0.3, -0.25) is 4.98 Å². The van der Waals surface area contributed by atoms with Crippen LogP contribution in [0.3, 0.4) is 0 Å². The molecule has 0 unspecified atom stereocenters. The van der Waals surface area contributed by atoms with Crippen LogP contribution in [0.25, 0.3) is 11.4 Å². The van der Waals surface area contributed by atoms with Crippen LogP contribution in [-0.4, -0.2) is 33.9 Å². The predicted molar refractivity (Wildman–Crippen MR) is 112 cm³/mol. The lowest BCUT2D eigenvalue weighted by Crippen LogP contribution is -2.03. The highest BCUT2D eigenvalue weighted by Crippen LogP contribution is 2.29. The number of rotatable bonds is 6. The number of aliphatic imine (C=N–C) groups is 2. The second-order valence-electron chi connectivity index (χ2n) is 6.24. The van der Waals surface area contributed by atoms with Crippen LogP contribution in [0.5, 0.6) is 11.6 Å². The lowest BCUT2D eigenvalue weighted by atomic mass is 10.1. The number of ether oxygens (including phenoxy) is 1. The fourth-order valence-electron chi connectivity index (χ4n) is 2.48. The van der Waals surface area contributed by atoms with Crippen molar-refractivity contribution in [2.24, 2.45) is 22.8 Å². The Bertz CT molecular complexity index is 1070. The van der Waals surface area contributed by atoms with Crippen LogP contribution >= 0.6 is 0 Å². The minimum Gasteiger partial charge on any atom is -0.438 e. The van der Waals surface area contributed by atoms with Gasteiger partial charge in [0.15, 0.2) is 5.84 Å². The Kier molecular flexibility index (Phi) is 6.25. The lowest BCUT2D eigenvalue weighted by molar-refractivity contribution is 0.426. The summed E-state index contributed by atoms with van der Waals surface area (Å²) in [6.45, 7) is 5.77. The maximum absolute atomic E-state index is 13.9. The molecule has 0 aliphatic rings. The summed E-state index contributed by atoms with van der Waals surface area (Å²) in [5, 5.41) is 4.41. The van der Waals surface area contributed by atoms with Crippen molar-refractivity contribution >= 4 is 12.6 Å². The van der Waals surface area contributed by atoms with Crippen molar-refractivity contribution in [3.8, 4) is 23.0 Å². The van der Waals surface area contributed by atoms with Gasteiger partial charge >= 0.3 is 0 Å². The Labute approximate surface area is 168 Å². The molecule has 0 amide bonds. The van der Waals surface area contributed by atoms with Gasteiger partial charge in [-0.25, -0.2) is 19.1 Å². The van der Waals surface area contributed by atoms with E-state index in [1.54, 1.807) is 36.3 Å². The molecule has 0 spiro atoms. The van der Waals surface area contributed by atoms with Gasteiger partial charge in [0, 0.05) is 38.1 Å². The SMILES string of the molecule is C=NC(=N/C=C(\C)CN)c1ccc(F)cc1Oc1cc(-c2ccccn2)nn1C. The molecular weight excluding hydrogens is 371 g/mol. The maximum Gasteiger partial charge on any atom is 0.218 e. The van der Waals surface area contributed by atoms with Gasteiger partial charge in [-0.15, -0.1) is 0 Å². The van der Waals surface area contributed by atoms with E-state index in [2.05, 4.69) is 26.8 Å². The zero-order chi connectivity index (χ0) is 20.8. The van der Waals surface area contributed by atoms with Crippen LogP contribution in [0, 0.1) is 5.82 Å². The summed E-state index contributed by atoms with van der Waals surface area (Å²) >= 11 is 0. The molecule has 0 atom stereocenters. The summed E-state index contributed by atoms with van der Waals surface area (Å²) in [4.78, 5) is 12.5. The van der Waals surface area contributed by atoms with Crippen molar-refractivity contribution in [3.05, 3.63) is 71.8 Å². The van der Waals surface area contributed by atoms with E-state index in [9.17, 15) is 4.39 Å². The molecule has 148 valence electrons. The Morgan fingerprint density at radius 3 is 2.79 bits per heavy atom. The topological polar surface area (TPSA) is 90.7 Å². The molecule has 0 saturated carbocycles. The van der Waals surface area contributed by atoms with Crippen LogP contribution in [0.2, 0.25) is 0 Å². The Balaban J connectivity index is 1.99. The number of hydrogen-bond acceptors (Lipinski definition) is 5. The molecule has 2 N–H and O–H groups in total. The van der Waals surface area contributed by atoms with Gasteiger partial charge in [-0.2, -0.15) is 5.10 Å². The Morgan fingerprint density at radius 2 is 2.10 bits per heavy atom. The largest absolute Gasteiger partial charge is 0.438 e. The summed E-state index contributed by atoms with van der Waals surface area (Å²) in [5.41, 5.74) is 8.28. The summed E-state index contributed by atoms with van der Waals surface area (Å²) < 4.78 is 21.4. The monoisotopic (exact) mass is 392 g/mol. The number of nitrogens with zero attached hydrogens (tertiary/aromatic N) is 5. The first-order chi connectivity index (χ1) is 14.0. The molecule has 0 saturated heterocycles. The summed E-state index contributed by atoms with van der Waals surface area (Å²) in [6, 6.07) is 11.4. The van der Waals surface area contributed by atoms with Gasteiger partial charge in [0.1, 0.15) is 17.3 Å². The highest BCUT2D eigenvalue weighted by molar-refractivity contribution is 6.04. The first-order valence-corrected chi connectivity index (χ1v) is 8.85. The molecule has 3 aromatic rings. The zero-order valence-electron chi connectivity index (χ0n) is 16.2. The first kappa shape index (κ1) is 20.1. The third-order valence-corrected chi connectivity index (χ3v) is 4.04. The number of aromatic nitrogens is 3. The summed E-state index contributed by atoms with van der Waals surface area (Å²) in [6.07, 6.45) is 3.28. The second kappa shape index (κ2) is 9.03. The van der Waals surface area contributed by atoms with Crippen LogP contribution in [-0.2, 0) is 7.05 Å². The maximum atomic E-state index is 13.9. The zero-order valence-corrected chi connectivity index (χ0v) is 16.2. The minimum atomic E-state index is -0.451. The third kappa shape index (κ3) is 4.80. The minimum absolute atomic E-state index is 0.241. The number of nitrogens with two attached hydrogens (primary N) is 1. The number of benzene rings is 1. The first-order valence-electron chi connectivity index (χ1n) is 8.85. The standard InChI is InChI=1S/C21H21FN6O/c1-14(12-23)13-26-21(24-2)16-8-7-15(22)10-19(16)29-20-11-18(27-28(20)3)17-6-4-5-9-25-17/h4-11,13H,2,12,23H2,1,3H3/b14-13+,26-21?. The quantitative estimate of drug-likeness (QED) is 0.511. The number of hydrogen-bond donors (Lipinski definition) is 1. The average Bonchev–Trinajstić information content (AvgIpc) is 3.10. The summed E-state index contributed by atoms with van der Waals surface area (Å²) in [7, 11) is 1.73. The van der Waals surface area contributed by atoms with E-state index in [0.29, 0.717) is 35.2 Å². The highest BCUT2D eigenvalue weighted by Gasteiger charge is 2.15. The van der Waals surface area contributed by atoms with Gasteiger partial charge in [0.2, 0.25) is 5.88 Å². The van der Waals surface area contributed by atoms with Gasteiger partial charge in [-0.05, 0) is 43.5 Å². The molecule has 2 heterocycles. The van der Waals surface area contributed by atoms with Gasteiger partial charge < -0.3 is 10.5 Å². The molecular formula is C21H21FN6O. The van der Waals surface area contributed by atoms with Crippen LogP contribution in [0.1, 0.15) is 12.5 Å². The molecule has 0 aliphatic carbocycles. The molecule has 3 rings (SSSR count). The van der Waals surface area contributed by atoms with E-state index in [1.807, 2.05) is 25.1 Å². The lowest BCUT2D eigenvalue weighted by Gasteiger charge is -2.10. The Hall–Kier alpha value is -3.65. The normalized spacial score (nSPS) is 12.1. The predicted octanol–water partition coefficient (Wildman–Crippen LogP) is 3.72. The average molecular weight is 392 g/mol. The fourth-order valence-corrected chi connectivity index (χ4v) is 2.48. The van der Waals surface area contributed by atoms with E-state index in [4.69, 9.17) is 10.5 Å². The Morgan fingerprint density at radius 1 is 1.28 bits per heavy atom. The van der Waals surface area contributed by atoms with E-state index < -0.39 is 5.82 Å². The number of halogens is 1.